The Morgan fingerprint density at radius 3 is 2.59 bits per heavy atom. The van der Waals surface area contributed by atoms with Crippen LogP contribution in [0.1, 0.15) is 29.4 Å². The summed E-state index contributed by atoms with van der Waals surface area (Å²) in [5.74, 6) is 1.42. The molecule has 0 unspecified atom stereocenters. The Bertz CT molecular complexity index is 1060. The van der Waals surface area contributed by atoms with Crippen molar-refractivity contribution >= 4 is 44.1 Å². The number of hydrogen-bond donors (Lipinski definition) is 1. The van der Waals surface area contributed by atoms with Gasteiger partial charge in [-0.25, -0.2) is 0 Å². The lowest BCUT2D eigenvalue weighted by atomic mass is 9.98. The number of carbonyl (C=O) groups is 1. The number of furan rings is 1. The van der Waals surface area contributed by atoms with Crippen LogP contribution < -0.4 is 10.1 Å². The van der Waals surface area contributed by atoms with E-state index in [0.29, 0.717) is 0 Å². The number of hydrogen-bond acceptors (Lipinski definition) is 3. The second kappa shape index (κ2) is 7.61. The summed E-state index contributed by atoms with van der Waals surface area (Å²) < 4.78 is 12.4. The molecule has 3 aromatic rings. The van der Waals surface area contributed by atoms with Gasteiger partial charge in [0.05, 0.1) is 7.11 Å². The molecule has 1 N–H and O–H groups in total. The number of ether oxygens (including phenoxy) is 1. The molecule has 0 spiro atoms. The summed E-state index contributed by atoms with van der Waals surface area (Å²) in [4.78, 5) is 12.5. The van der Waals surface area contributed by atoms with E-state index in [1.165, 1.54) is 0 Å². The van der Waals surface area contributed by atoms with Crippen LogP contribution in [-0.4, -0.2) is 13.0 Å². The predicted molar refractivity (Wildman–Crippen MR) is 113 cm³/mol. The highest BCUT2D eigenvalue weighted by molar-refractivity contribution is 9.10. The first-order valence-corrected chi connectivity index (χ1v) is 9.43. The molecular formula is C22H22BrNO3. The number of amides is 1. The molecule has 27 heavy (non-hydrogen) atoms. The van der Waals surface area contributed by atoms with Crippen molar-refractivity contribution in [1.29, 1.82) is 0 Å². The molecule has 3 rings (SSSR count). The van der Waals surface area contributed by atoms with Crippen LogP contribution in [0.5, 0.6) is 5.75 Å². The normalized spacial score (nSPS) is 11.7. The number of allylic oxidation sites excluding steroid dienone is 1. The molecule has 5 heteroatoms. The zero-order valence-corrected chi connectivity index (χ0v) is 17.7. The molecule has 0 fully saturated rings. The van der Waals surface area contributed by atoms with Crippen LogP contribution in [0.15, 0.2) is 45.3 Å². The molecule has 0 saturated heterocycles. The molecule has 0 radical (unpaired) electrons. The molecule has 1 heterocycles. The van der Waals surface area contributed by atoms with Gasteiger partial charge in [0.15, 0.2) is 0 Å². The van der Waals surface area contributed by atoms with Gasteiger partial charge in [0.25, 0.3) is 0 Å². The third-order valence-electron chi connectivity index (χ3n) is 4.72. The third kappa shape index (κ3) is 3.78. The Morgan fingerprint density at radius 1 is 1.19 bits per heavy atom. The maximum Gasteiger partial charge on any atom is 0.248 e. The maximum atomic E-state index is 12.5. The summed E-state index contributed by atoms with van der Waals surface area (Å²) in [5.41, 5.74) is 5.30. The summed E-state index contributed by atoms with van der Waals surface area (Å²) in [6, 6.07) is 9.52. The van der Waals surface area contributed by atoms with E-state index in [9.17, 15) is 4.79 Å². The van der Waals surface area contributed by atoms with E-state index in [4.69, 9.17) is 9.15 Å². The molecule has 4 nitrogen and oxygen atoms in total. The number of benzene rings is 2. The molecule has 0 saturated carbocycles. The monoisotopic (exact) mass is 427 g/mol. The summed E-state index contributed by atoms with van der Waals surface area (Å²) in [7, 11) is 1.63. The van der Waals surface area contributed by atoms with E-state index in [1.54, 1.807) is 13.2 Å². The lowest BCUT2D eigenvalue weighted by molar-refractivity contribution is -0.111. The minimum atomic E-state index is -0.189. The van der Waals surface area contributed by atoms with Gasteiger partial charge < -0.3 is 14.5 Å². The number of methoxy groups -OCH3 is 1. The number of halogens is 1. The number of carbonyl (C=O) groups excluding carboxylic acids is 1. The van der Waals surface area contributed by atoms with Crippen LogP contribution in [0.4, 0.5) is 5.69 Å². The molecule has 2 aromatic carbocycles. The van der Waals surface area contributed by atoms with E-state index in [1.807, 2.05) is 58.0 Å². The van der Waals surface area contributed by atoms with Gasteiger partial charge in [-0.15, -0.1) is 0 Å². The highest BCUT2D eigenvalue weighted by Gasteiger charge is 2.18. The van der Waals surface area contributed by atoms with Crippen LogP contribution in [0, 0.1) is 20.8 Å². The Labute approximate surface area is 167 Å². The van der Waals surface area contributed by atoms with Crippen LogP contribution in [-0.2, 0) is 4.79 Å². The van der Waals surface area contributed by atoms with Crippen LogP contribution in [0.3, 0.4) is 0 Å². The number of rotatable bonds is 4. The maximum absolute atomic E-state index is 12.5. The lowest BCUT2D eigenvalue weighted by Gasteiger charge is -2.13. The molecule has 0 bridgehead atoms. The first kappa shape index (κ1) is 19.2. The summed E-state index contributed by atoms with van der Waals surface area (Å²) in [5, 5.41) is 3.93. The van der Waals surface area contributed by atoms with Gasteiger partial charge in [-0.1, -0.05) is 22.0 Å². The van der Waals surface area contributed by atoms with Crippen molar-refractivity contribution in [2.45, 2.75) is 27.7 Å². The fraction of sp³-hybridized carbons (Fsp3) is 0.227. The van der Waals surface area contributed by atoms with Crippen molar-refractivity contribution in [3.05, 3.63) is 63.3 Å². The Kier molecular flexibility index (Phi) is 5.42. The smallest absolute Gasteiger partial charge is 0.248 e. The van der Waals surface area contributed by atoms with E-state index >= 15 is 0 Å². The lowest BCUT2D eigenvalue weighted by Crippen LogP contribution is -2.08. The largest absolute Gasteiger partial charge is 0.496 e. The first-order chi connectivity index (χ1) is 12.8. The van der Waals surface area contributed by atoms with Gasteiger partial charge in [-0.05, 0) is 63.1 Å². The van der Waals surface area contributed by atoms with Crippen molar-refractivity contribution in [2.75, 3.05) is 12.4 Å². The van der Waals surface area contributed by atoms with Crippen LogP contribution in [0.2, 0.25) is 0 Å². The van der Waals surface area contributed by atoms with Gasteiger partial charge in [0.1, 0.15) is 17.1 Å². The fourth-order valence-electron chi connectivity index (χ4n) is 3.19. The van der Waals surface area contributed by atoms with E-state index in [-0.39, 0.29) is 5.91 Å². The third-order valence-corrected chi connectivity index (χ3v) is 5.21. The average molecular weight is 428 g/mol. The van der Waals surface area contributed by atoms with Crippen molar-refractivity contribution in [2.24, 2.45) is 0 Å². The second-order valence-corrected chi connectivity index (χ2v) is 7.48. The van der Waals surface area contributed by atoms with Gasteiger partial charge in [-0.2, -0.15) is 0 Å². The molecule has 1 amide bonds. The predicted octanol–water partition coefficient (Wildman–Crippen LogP) is 6.17. The van der Waals surface area contributed by atoms with Gasteiger partial charge in [0.2, 0.25) is 5.91 Å². The molecule has 0 atom stereocenters. The Hall–Kier alpha value is -2.53. The second-order valence-electron chi connectivity index (χ2n) is 6.57. The fourth-order valence-corrected chi connectivity index (χ4v) is 3.59. The van der Waals surface area contributed by atoms with Gasteiger partial charge in [-0.3, -0.25) is 4.79 Å². The first-order valence-electron chi connectivity index (χ1n) is 8.64. The molecule has 0 aliphatic rings. The standard InChI is InChI=1S/C22H22BrNO3/c1-12(9-20(25)24-17-8-6-7-16(23)10-17)18-11-19-13(2)15(4)27-22(19)14(3)21(18)26-5/h6-11H,1-5H3,(H,24,25)/b12-9+. The van der Waals surface area contributed by atoms with Crippen molar-refractivity contribution < 1.29 is 13.9 Å². The number of nitrogens with one attached hydrogen (secondary N) is 1. The molecule has 1 aromatic heterocycles. The SMILES string of the molecule is COc1c(/C(C)=C/C(=O)Nc2cccc(Br)c2)cc2c(C)c(C)oc2c1C. The molecule has 140 valence electrons. The number of aryl methyl sites for hydroxylation is 3. The van der Waals surface area contributed by atoms with E-state index < -0.39 is 0 Å². The Balaban J connectivity index is 2.01. The minimum Gasteiger partial charge on any atom is -0.496 e. The summed E-state index contributed by atoms with van der Waals surface area (Å²) in [6.45, 7) is 7.87. The van der Waals surface area contributed by atoms with Crippen molar-refractivity contribution in [3.63, 3.8) is 0 Å². The average Bonchev–Trinajstić information content (AvgIpc) is 2.90. The molecular weight excluding hydrogens is 406 g/mol. The molecule has 0 aliphatic carbocycles. The highest BCUT2D eigenvalue weighted by Crippen LogP contribution is 2.38. The minimum absolute atomic E-state index is 0.189. The highest BCUT2D eigenvalue weighted by atomic mass is 79.9. The van der Waals surface area contributed by atoms with Crippen LogP contribution in [0.25, 0.3) is 16.5 Å². The van der Waals surface area contributed by atoms with Gasteiger partial charge in [0, 0.05) is 32.7 Å². The number of fused-ring (bicyclic) bond motifs is 1. The summed E-state index contributed by atoms with van der Waals surface area (Å²) >= 11 is 3.41. The van der Waals surface area contributed by atoms with E-state index in [2.05, 4.69) is 21.2 Å². The zero-order valence-electron chi connectivity index (χ0n) is 16.1. The Morgan fingerprint density at radius 2 is 1.93 bits per heavy atom. The summed E-state index contributed by atoms with van der Waals surface area (Å²) in [6.07, 6.45) is 1.59. The van der Waals surface area contributed by atoms with Crippen molar-refractivity contribution in [1.82, 2.24) is 0 Å². The van der Waals surface area contributed by atoms with E-state index in [0.717, 1.165) is 54.9 Å². The van der Waals surface area contributed by atoms with Crippen LogP contribution >= 0.6 is 15.9 Å². The van der Waals surface area contributed by atoms with Gasteiger partial charge >= 0.3 is 0 Å². The number of anilines is 1. The zero-order chi connectivity index (χ0) is 19.7. The molecule has 0 aliphatic heterocycles. The quantitative estimate of drug-likeness (QED) is 0.506. The van der Waals surface area contributed by atoms with Crippen molar-refractivity contribution in [3.8, 4) is 5.75 Å². The topological polar surface area (TPSA) is 51.5 Å².